The fourth-order valence-corrected chi connectivity index (χ4v) is 4.45. The lowest BCUT2D eigenvalue weighted by molar-refractivity contribution is -0.113. The highest BCUT2D eigenvalue weighted by Gasteiger charge is 2.40. The third-order valence-corrected chi connectivity index (χ3v) is 10.5. The van der Waals surface area contributed by atoms with Crippen molar-refractivity contribution in [2.24, 2.45) is 5.92 Å². The Kier molecular flexibility index (Phi) is 7.98. The molecule has 0 aliphatic carbocycles. The Hall–Kier alpha value is -0.363. The second-order valence-electron chi connectivity index (χ2n) is 7.94. The van der Waals surface area contributed by atoms with Crippen LogP contribution < -0.4 is 0 Å². The van der Waals surface area contributed by atoms with Crippen molar-refractivity contribution < 1.29 is 9.22 Å². The Morgan fingerprint density at radius 3 is 2.46 bits per heavy atom. The maximum absolute atomic E-state index is 11.5. The molecule has 2 unspecified atom stereocenters. The molecule has 1 aromatic rings. The predicted molar refractivity (Wildman–Crippen MR) is 106 cm³/mol. The van der Waals surface area contributed by atoms with Crippen molar-refractivity contribution >= 4 is 36.9 Å². The molecule has 136 valence electrons. The van der Waals surface area contributed by atoms with Crippen LogP contribution in [0.2, 0.25) is 18.1 Å². The number of aromatic nitrogens is 1. The van der Waals surface area contributed by atoms with Gasteiger partial charge in [0.25, 0.3) is 0 Å². The summed E-state index contributed by atoms with van der Waals surface area (Å²) in [5, 5.41) is 0.770. The fourth-order valence-electron chi connectivity index (χ4n) is 1.94. The summed E-state index contributed by atoms with van der Waals surface area (Å²) in [4.78, 5) is 15.9. The third kappa shape index (κ3) is 6.87. The average molecular weight is 388 g/mol. The molecule has 0 amide bonds. The van der Waals surface area contributed by atoms with Gasteiger partial charge in [0.05, 0.1) is 11.1 Å². The molecular weight excluding hydrogens is 358 g/mol. The van der Waals surface area contributed by atoms with E-state index in [1.54, 1.807) is 11.8 Å². The van der Waals surface area contributed by atoms with E-state index < -0.39 is 8.32 Å². The van der Waals surface area contributed by atoms with Crippen LogP contribution in [-0.4, -0.2) is 30.4 Å². The van der Waals surface area contributed by atoms with Crippen LogP contribution in [0.25, 0.3) is 0 Å². The minimum atomic E-state index is -1.95. The number of halogens is 1. The first-order chi connectivity index (χ1) is 10.9. The zero-order valence-corrected chi connectivity index (χ0v) is 18.4. The summed E-state index contributed by atoms with van der Waals surface area (Å²) in [5.74, 6) is 1.06. The number of carbonyl (C=O) groups is 1. The molecule has 1 aromatic heterocycles. The van der Waals surface area contributed by atoms with E-state index in [-0.39, 0.29) is 28.7 Å². The lowest BCUT2D eigenvalue weighted by Gasteiger charge is -2.40. The zero-order chi connectivity index (χ0) is 18.5. The highest BCUT2D eigenvalue weighted by molar-refractivity contribution is 7.99. The van der Waals surface area contributed by atoms with E-state index in [0.717, 1.165) is 16.3 Å². The average Bonchev–Trinajstić information content (AvgIpc) is 2.43. The Morgan fingerprint density at radius 2 is 2.00 bits per heavy atom. The van der Waals surface area contributed by atoms with Gasteiger partial charge >= 0.3 is 0 Å². The number of hydrogen-bond acceptors (Lipinski definition) is 4. The van der Waals surface area contributed by atoms with E-state index >= 15 is 0 Å². The minimum Gasteiger partial charge on any atom is -0.413 e. The molecule has 3 nitrogen and oxygen atoms in total. The summed E-state index contributed by atoms with van der Waals surface area (Å²) in [6, 6.07) is 4.09. The second-order valence-corrected chi connectivity index (χ2v) is 14.2. The van der Waals surface area contributed by atoms with Crippen molar-refractivity contribution in [2.75, 3.05) is 5.75 Å². The van der Waals surface area contributed by atoms with E-state index in [1.165, 1.54) is 0 Å². The Balaban J connectivity index is 2.75. The second kappa shape index (κ2) is 8.83. The van der Waals surface area contributed by atoms with Crippen molar-refractivity contribution in [3.8, 4) is 0 Å². The molecule has 0 fully saturated rings. The van der Waals surface area contributed by atoms with Gasteiger partial charge in [-0.25, -0.2) is 4.98 Å². The van der Waals surface area contributed by atoms with Gasteiger partial charge in [-0.3, -0.25) is 4.79 Å². The summed E-state index contributed by atoms with van der Waals surface area (Å²) in [5.41, 5.74) is 1.15. The first-order valence-electron chi connectivity index (χ1n) is 8.34. The van der Waals surface area contributed by atoms with Crippen LogP contribution in [-0.2, 0) is 9.22 Å². The lowest BCUT2D eigenvalue weighted by Crippen LogP contribution is -2.46. The van der Waals surface area contributed by atoms with Crippen LogP contribution in [0.4, 0.5) is 0 Å². The van der Waals surface area contributed by atoms with E-state index in [4.69, 9.17) is 16.0 Å². The van der Waals surface area contributed by atoms with Crippen LogP contribution in [0, 0.1) is 12.8 Å². The smallest absolute Gasteiger partial charge is 0.224 e. The Bertz CT molecular complexity index is 543. The molecule has 0 aliphatic heterocycles. The maximum atomic E-state index is 11.5. The molecule has 2 atom stereocenters. The molecule has 0 N–H and O–H groups in total. The van der Waals surface area contributed by atoms with Crippen LogP contribution >= 0.6 is 23.4 Å². The fraction of sp³-hybridized carbons (Fsp3) is 0.667. The number of hydrogen-bond donors (Lipinski definition) is 0. The third-order valence-electron chi connectivity index (χ3n) is 4.63. The molecule has 0 saturated heterocycles. The Morgan fingerprint density at radius 1 is 1.38 bits per heavy atom. The number of rotatable bonds is 8. The van der Waals surface area contributed by atoms with Crippen molar-refractivity contribution in [3.05, 3.63) is 23.9 Å². The van der Waals surface area contributed by atoms with E-state index in [9.17, 15) is 4.79 Å². The normalized spacial score (nSPS) is 15.2. The van der Waals surface area contributed by atoms with Crippen LogP contribution in [0.1, 0.15) is 39.7 Å². The van der Waals surface area contributed by atoms with E-state index in [0.29, 0.717) is 0 Å². The van der Waals surface area contributed by atoms with Crippen LogP contribution in [0.5, 0.6) is 0 Å². The highest BCUT2D eigenvalue weighted by Crippen LogP contribution is 2.39. The van der Waals surface area contributed by atoms with Crippen LogP contribution in [0.15, 0.2) is 23.4 Å². The number of aryl methyl sites for hydroxylation is 1. The number of pyridine rings is 1. The molecular formula is C18H30ClNO2SSi. The van der Waals surface area contributed by atoms with Crippen LogP contribution in [0.3, 0.4) is 0 Å². The van der Waals surface area contributed by atoms with E-state index in [1.807, 2.05) is 19.2 Å². The summed E-state index contributed by atoms with van der Waals surface area (Å²) in [6.45, 7) is 15.2. The molecule has 0 spiro atoms. The minimum absolute atomic E-state index is 0.103. The van der Waals surface area contributed by atoms with Gasteiger partial charge in [0, 0.05) is 18.4 Å². The van der Waals surface area contributed by atoms with Crippen molar-refractivity contribution in [3.63, 3.8) is 0 Å². The topological polar surface area (TPSA) is 39.2 Å². The van der Waals surface area contributed by atoms with Crippen molar-refractivity contribution in [1.29, 1.82) is 0 Å². The SMILES string of the molecule is Cc1ccc(SCC(C)C(CC(=O)Cl)O[Si](C)(C)C(C)(C)C)nc1. The molecule has 0 bridgehead atoms. The Labute approximate surface area is 157 Å². The van der Waals surface area contributed by atoms with Gasteiger partial charge in [-0.05, 0) is 54.2 Å². The molecule has 0 radical (unpaired) electrons. The zero-order valence-electron chi connectivity index (χ0n) is 15.9. The van der Waals surface area contributed by atoms with Gasteiger partial charge in [-0.1, -0.05) is 33.8 Å². The molecule has 24 heavy (non-hydrogen) atoms. The van der Waals surface area contributed by atoms with Gasteiger partial charge in [-0.15, -0.1) is 11.8 Å². The molecule has 1 heterocycles. The predicted octanol–water partition coefficient (Wildman–Crippen LogP) is 5.66. The lowest BCUT2D eigenvalue weighted by atomic mass is 10.1. The number of thioether (sulfide) groups is 1. The number of carbonyl (C=O) groups excluding carboxylic acids is 1. The van der Waals surface area contributed by atoms with Gasteiger partial charge in [0.15, 0.2) is 8.32 Å². The summed E-state index contributed by atoms with van der Waals surface area (Å²) in [7, 11) is -1.95. The summed E-state index contributed by atoms with van der Waals surface area (Å²) < 4.78 is 6.48. The maximum Gasteiger partial charge on any atom is 0.224 e. The van der Waals surface area contributed by atoms with Gasteiger partial charge in [0.1, 0.15) is 0 Å². The summed E-state index contributed by atoms with van der Waals surface area (Å²) >= 11 is 7.37. The first kappa shape index (κ1) is 21.7. The highest BCUT2D eigenvalue weighted by atomic mass is 35.5. The van der Waals surface area contributed by atoms with Gasteiger partial charge in [0.2, 0.25) is 5.24 Å². The van der Waals surface area contributed by atoms with Crippen molar-refractivity contribution in [1.82, 2.24) is 4.98 Å². The first-order valence-corrected chi connectivity index (χ1v) is 12.6. The molecule has 1 rings (SSSR count). The molecule has 6 heteroatoms. The van der Waals surface area contributed by atoms with E-state index in [2.05, 4.69) is 51.8 Å². The molecule has 0 aromatic carbocycles. The van der Waals surface area contributed by atoms with Gasteiger partial charge in [-0.2, -0.15) is 0 Å². The largest absolute Gasteiger partial charge is 0.413 e. The van der Waals surface area contributed by atoms with Gasteiger partial charge < -0.3 is 4.43 Å². The monoisotopic (exact) mass is 387 g/mol. The quantitative estimate of drug-likeness (QED) is 0.327. The summed E-state index contributed by atoms with van der Waals surface area (Å²) in [6.07, 6.45) is 1.99. The standard InChI is InChI=1S/C18H30ClNO2SSi/c1-13-8-9-17(20-11-13)23-12-14(2)15(10-16(19)21)22-24(6,7)18(3,4)5/h8-9,11,14-15H,10,12H2,1-7H3. The van der Waals surface area contributed by atoms with Crippen molar-refractivity contribution in [2.45, 2.75) is 70.3 Å². The molecule has 0 saturated carbocycles. The number of nitrogens with zero attached hydrogens (tertiary/aromatic N) is 1. The molecule has 0 aliphatic rings.